The maximum atomic E-state index is 8.91. The molecule has 16 heavy (non-hydrogen) atoms. The Morgan fingerprint density at radius 1 is 1.06 bits per heavy atom. The molecule has 94 valence electrons. The number of hydrogen-bond donors (Lipinski definition) is 1. The monoisotopic (exact) mass is 227 g/mol. The van der Waals surface area contributed by atoms with Crippen molar-refractivity contribution in [3.8, 4) is 0 Å². The quantitative estimate of drug-likeness (QED) is 0.704. The van der Waals surface area contributed by atoms with Crippen molar-refractivity contribution in [1.82, 2.24) is 14.7 Å². The molecule has 2 aliphatic rings. The van der Waals surface area contributed by atoms with Gasteiger partial charge in [0.2, 0.25) is 0 Å². The van der Waals surface area contributed by atoms with Gasteiger partial charge in [-0.25, -0.2) is 0 Å². The summed E-state index contributed by atoms with van der Waals surface area (Å²) in [5.41, 5.74) is 0. The molecule has 0 aromatic heterocycles. The van der Waals surface area contributed by atoms with Crippen LogP contribution in [0.5, 0.6) is 0 Å². The first-order valence-electron chi connectivity index (χ1n) is 6.52. The second-order valence-electron chi connectivity index (χ2n) is 5.28. The van der Waals surface area contributed by atoms with Crippen LogP contribution in [0.25, 0.3) is 0 Å². The van der Waals surface area contributed by atoms with Gasteiger partial charge in [0.1, 0.15) is 0 Å². The van der Waals surface area contributed by atoms with Crippen molar-refractivity contribution in [3.05, 3.63) is 0 Å². The minimum Gasteiger partial charge on any atom is -0.395 e. The first-order valence-corrected chi connectivity index (χ1v) is 6.52. The fourth-order valence-electron chi connectivity index (χ4n) is 2.80. The number of likely N-dealkylation sites (tertiary alicyclic amines) is 1. The Morgan fingerprint density at radius 2 is 1.81 bits per heavy atom. The molecule has 2 saturated heterocycles. The Kier molecular flexibility index (Phi) is 4.58. The number of aliphatic hydroxyl groups excluding tert-OH is 1. The van der Waals surface area contributed by atoms with Crippen molar-refractivity contribution in [1.29, 1.82) is 0 Å². The molecule has 0 unspecified atom stereocenters. The van der Waals surface area contributed by atoms with E-state index >= 15 is 0 Å². The molecular formula is C12H25N3O. The fourth-order valence-corrected chi connectivity index (χ4v) is 2.80. The lowest BCUT2D eigenvalue weighted by atomic mass is 10.1. The molecule has 0 amide bonds. The maximum Gasteiger partial charge on any atom is 0.0558 e. The molecule has 0 saturated carbocycles. The van der Waals surface area contributed by atoms with Gasteiger partial charge in [-0.2, -0.15) is 0 Å². The SMILES string of the molecule is CN1CCN(C[C@H]2CCN(CCO)C2)CC1. The van der Waals surface area contributed by atoms with Gasteiger partial charge >= 0.3 is 0 Å². The maximum absolute atomic E-state index is 8.91. The smallest absolute Gasteiger partial charge is 0.0558 e. The van der Waals surface area contributed by atoms with Crippen LogP contribution >= 0.6 is 0 Å². The van der Waals surface area contributed by atoms with Crippen LogP contribution in [0.4, 0.5) is 0 Å². The second-order valence-corrected chi connectivity index (χ2v) is 5.28. The van der Waals surface area contributed by atoms with Gasteiger partial charge in [-0.05, 0) is 25.9 Å². The van der Waals surface area contributed by atoms with Crippen LogP contribution < -0.4 is 0 Å². The van der Waals surface area contributed by atoms with Crippen molar-refractivity contribution in [2.75, 3.05) is 66.0 Å². The molecule has 2 rings (SSSR count). The molecule has 0 aliphatic carbocycles. The summed E-state index contributed by atoms with van der Waals surface area (Å²) in [6.07, 6.45) is 1.31. The molecule has 4 heteroatoms. The number of piperazine rings is 1. The largest absolute Gasteiger partial charge is 0.395 e. The average Bonchev–Trinajstić information content (AvgIpc) is 2.70. The first-order chi connectivity index (χ1) is 7.78. The Bertz CT molecular complexity index is 204. The van der Waals surface area contributed by atoms with Crippen LogP contribution in [0.3, 0.4) is 0 Å². The van der Waals surface area contributed by atoms with E-state index in [1.165, 1.54) is 52.2 Å². The Hall–Kier alpha value is -0.160. The van der Waals surface area contributed by atoms with E-state index in [4.69, 9.17) is 5.11 Å². The highest BCUT2D eigenvalue weighted by Crippen LogP contribution is 2.17. The predicted molar refractivity (Wildman–Crippen MR) is 65.6 cm³/mol. The summed E-state index contributed by atoms with van der Waals surface area (Å²) in [5.74, 6) is 0.829. The minimum atomic E-state index is 0.307. The van der Waals surface area contributed by atoms with E-state index in [-0.39, 0.29) is 0 Å². The lowest BCUT2D eigenvalue weighted by Gasteiger charge is -2.33. The zero-order chi connectivity index (χ0) is 11.4. The average molecular weight is 227 g/mol. The summed E-state index contributed by atoms with van der Waals surface area (Å²) in [4.78, 5) is 7.40. The van der Waals surface area contributed by atoms with Crippen LogP contribution in [-0.2, 0) is 0 Å². The molecule has 0 radical (unpaired) electrons. The molecule has 0 bridgehead atoms. The van der Waals surface area contributed by atoms with Crippen LogP contribution in [0.2, 0.25) is 0 Å². The van der Waals surface area contributed by atoms with Crippen LogP contribution in [0.1, 0.15) is 6.42 Å². The summed E-state index contributed by atoms with van der Waals surface area (Å²) in [6.45, 7) is 9.68. The van der Waals surface area contributed by atoms with Crippen LogP contribution in [0, 0.1) is 5.92 Å². The van der Waals surface area contributed by atoms with E-state index in [0.29, 0.717) is 6.61 Å². The molecular weight excluding hydrogens is 202 g/mol. The predicted octanol–water partition coefficient (Wildman–Crippen LogP) is -0.452. The number of hydrogen-bond acceptors (Lipinski definition) is 4. The summed E-state index contributed by atoms with van der Waals surface area (Å²) in [6, 6.07) is 0. The molecule has 4 nitrogen and oxygen atoms in total. The van der Waals surface area contributed by atoms with E-state index in [1.807, 2.05) is 0 Å². The van der Waals surface area contributed by atoms with Gasteiger partial charge in [0, 0.05) is 45.8 Å². The Morgan fingerprint density at radius 3 is 2.50 bits per heavy atom. The van der Waals surface area contributed by atoms with Crippen molar-refractivity contribution in [2.45, 2.75) is 6.42 Å². The van der Waals surface area contributed by atoms with E-state index in [2.05, 4.69) is 21.7 Å². The molecule has 0 aromatic carbocycles. The van der Waals surface area contributed by atoms with Gasteiger partial charge in [0.15, 0.2) is 0 Å². The van der Waals surface area contributed by atoms with Gasteiger partial charge in [0.05, 0.1) is 6.61 Å². The van der Waals surface area contributed by atoms with Gasteiger partial charge in [-0.15, -0.1) is 0 Å². The highest BCUT2D eigenvalue weighted by molar-refractivity contribution is 4.80. The van der Waals surface area contributed by atoms with Crippen molar-refractivity contribution in [2.24, 2.45) is 5.92 Å². The van der Waals surface area contributed by atoms with E-state index in [9.17, 15) is 0 Å². The van der Waals surface area contributed by atoms with E-state index in [0.717, 1.165) is 12.5 Å². The molecule has 2 heterocycles. The summed E-state index contributed by atoms with van der Waals surface area (Å²) >= 11 is 0. The molecule has 0 aromatic rings. The van der Waals surface area contributed by atoms with E-state index < -0.39 is 0 Å². The number of nitrogens with zero attached hydrogens (tertiary/aromatic N) is 3. The lowest BCUT2D eigenvalue weighted by Crippen LogP contribution is -2.46. The first kappa shape index (κ1) is 12.3. The van der Waals surface area contributed by atoms with E-state index in [1.54, 1.807) is 0 Å². The summed E-state index contributed by atoms with van der Waals surface area (Å²) in [7, 11) is 2.20. The normalized spacial score (nSPS) is 30.0. The topological polar surface area (TPSA) is 30.0 Å². The fraction of sp³-hybridized carbons (Fsp3) is 1.00. The zero-order valence-corrected chi connectivity index (χ0v) is 10.4. The summed E-state index contributed by atoms with van der Waals surface area (Å²) in [5, 5.41) is 8.91. The van der Waals surface area contributed by atoms with Gasteiger partial charge in [0.25, 0.3) is 0 Å². The highest BCUT2D eigenvalue weighted by Gasteiger charge is 2.25. The highest BCUT2D eigenvalue weighted by atomic mass is 16.3. The number of aliphatic hydroxyl groups is 1. The summed E-state index contributed by atoms with van der Waals surface area (Å²) < 4.78 is 0. The Balaban J connectivity index is 1.67. The molecule has 2 fully saturated rings. The van der Waals surface area contributed by atoms with Crippen molar-refractivity contribution < 1.29 is 5.11 Å². The van der Waals surface area contributed by atoms with Gasteiger partial charge in [-0.1, -0.05) is 0 Å². The van der Waals surface area contributed by atoms with Gasteiger partial charge < -0.3 is 19.8 Å². The Labute approximate surface area is 98.8 Å². The molecule has 1 N–H and O–H groups in total. The standard InChI is InChI=1S/C12H25N3O/c1-13-4-6-15(7-5-13)11-12-2-3-14(10-12)8-9-16/h12,16H,2-11H2,1H3/t12-/m0/s1. The molecule has 2 aliphatic heterocycles. The third-order valence-electron chi connectivity index (χ3n) is 3.90. The van der Waals surface area contributed by atoms with Crippen molar-refractivity contribution >= 4 is 0 Å². The second kappa shape index (κ2) is 5.96. The number of likely N-dealkylation sites (N-methyl/N-ethyl adjacent to an activating group) is 1. The number of β-amino-alcohol motifs (C(OH)–C–C–N with tert-alkyl or cyclic N) is 1. The molecule has 0 spiro atoms. The third-order valence-corrected chi connectivity index (χ3v) is 3.90. The number of rotatable bonds is 4. The lowest BCUT2D eigenvalue weighted by molar-refractivity contribution is 0.135. The van der Waals surface area contributed by atoms with Crippen molar-refractivity contribution in [3.63, 3.8) is 0 Å². The third kappa shape index (κ3) is 3.42. The minimum absolute atomic E-state index is 0.307. The molecule has 1 atom stereocenters. The van der Waals surface area contributed by atoms with Gasteiger partial charge in [-0.3, -0.25) is 0 Å². The van der Waals surface area contributed by atoms with Crippen LogP contribution in [-0.4, -0.2) is 85.8 Å². The van der Waals surface area contributed by atoms with Crippen LogP contribution in [0.15, 0.2) is 0 Å². The zero-order valence-electron chi connectivity index (χ0n) is 10.4.